The van der Waals surface area contributed by atoms with Crippen LogP contribution in [0.1, 0.15) is 11.1 Å². The van der Waals surface area contributed by atoms with Crippen molar-refractivity contribution in [1.82, 2.24) is 0 Å². The Balaban J connectivity index is 2.11. The standard InChI is InChI=1S/C15H15ClO3/c1-18-15-8-11(9-17)5-6-14(15)19-10-12-3-2-4-13(16)7-12/h2-8,17H,9-10H2,1H3. The third kappa shape index (κ3) is 3.63. The van der Waals surface area contributed by atoms with Gasteiger partial charge in [0.05, 0.1) is 13.7 Å². The molecule has 0 aliphatic heterocycles. The first-order valence-electron chi connectivity index (χ1n) is 5.88. The Morgan fingerprint density at radius 1 is 1.05 bits per heavy atom. The van der Waals surface area contributed by atoms with E-state index in [1.54, 1.807) is 25.3 Å². The van der Waals surface area contributed by atoms with Gasteiger partial charge in [0.2, 0.25) is 0 Å². The van der Waals surface area contributed by atoms with Gasteiger partial charge in [-0.15, -0.1) is 0 Å². The Kier molecular flexibility index (Phi) is 4.66. The number of hydrogen-bond donors (Lipinski definition) is 1. The van der Waals surface area contributed by atoms with Gasteiger partial charge in [-0.25, -0.2) is 0 Å². The zero-order chi connectivity index (χ0) is 13.7. The van der Waals surface area contributed by atoms with E-state index in [1.165, 1.54) is 0 Å². The first-order chi connectivity index (χ1) is 9.22. The summed E-state index contributed by atoms with van der Waals surface area (Å²) < 4.78 is 10.9. The second-order valence-electron chi connectivity index (χ2n) is 4.06. The van der Waals surface area contributed by atoms with Gasteiger partial charge in [0.15, 0.2) is 11.5 Å². The molecule has 0 amide bonds. The number of hydrogen-bond acceptors (Lipinski definition) is 3. The van der Waals surface area contributed by atoms with Crippen LogP contribution in [0.2, 0.25) is 5.02 Å². The molecule has 2 aromatic rings. The van der Waals surface area contributed by atoms with Gasteiger partial charge in [0, 0.05) is 5.02 Å². The molecule has 4 heteroatoms. The summed E-state index contributed by atoms with van der Waals surface area (Å²) in [5.74, 6) is 1.24. The summed E-state index contributed by atoms with van der Waals surface area (Å²) in [4.78, 5) is 0. The summed E-state index contributed by atoms with van der Waals surface area (Å²) in [6.45, 7) is 0.389. The maximum absolute atomic E-state index is 9.08. The second-order valence-corrected chi connectivity index (χ2v) is 4.50. The van der Waals surface area contributed by atoms with Crippen LogP contribution in [0.4, 0.5) is 0 Å². The van der Waals surface area contributed by atoms with Gasteiger partial charge in [-0.3, -0.25) is 0 Å². The zero-order valence-electron chi connectivity index (χ0n) is 10.6. The van der Waals surface area contributed by atoms with Crippen molar-refractivity contribution >= 4 is 11.6 Å². The van der Waals surface area contributed by atoms with Gasteiger partial charge in [-0.1, -0.05) is 29.8 Å². The quantitative estimate of drug-likeness (QED) is 0.911. The lowest BCUT2D eigenvalue weighted by Crippen LogP contribution is -1.98. The van der Waals surface area contributed by atoms with Crippen LogP contribution in [0.5, 0.6) is 11.5 Å². The molecular formula is C15H15ClO3. The summed E-state index contributed by atoms with van der Waals surface area (Å²) >= 11 is 5.92. The second kappa shape index (κ2) is 6.45. The summed E-state index contributed by atoms with van der Waals surface area (Å²) in [6.07, 6.45) is 0. The van der Waals surface area contributed by atoms with E-state index >= 15 is 0 Å². The van der Waals surface area contributed by atoms with E-state index in [4.69, 9.17) is 26.2 Å². The first kappa shape index (κ1) is 13.7. The molecule has 0 spiro atoms. The molecule has 0 aliphatic rings. The van der Waals surface area contributed by atoms with Crippen LogP contribution in [-0.2, 0) is 13.2 Å². The van der Waals surface area contributed by atoms with Crippen LogP contribution in [0.15, 0.2) is 42.5 Å². The lowest BCUT2D eigenvalue weighted by molar-refractivity contribution is 0.274. The number of benzene rings is 2. The van der Waals surface area contributed by atoms with Crippen LogP contribution in [-0.4, -0.2) is 12.2 Å². The number of rotatable bonds is 5. The normalized spacial score (nSPS) is 10.3. The maximum atomic E-state index is 9.08. The number of ether oxygens (including phenoxy) is 2. The maximum Gasteiger partial charge on any atom is 0.161 e. The number of aliphatic hydroxyl groups excluding tert-OH is 1. The fraction of sp³-hybridized carbons (Fsp3) is 0.200. The Labute approximate surface area is 117 Å². The van der Waals surface area contributed by atoms with Crippen molar-refractivity contribution in [2.45, 2.75) is 13.2 Å². The fourth-order valence-corrected chi connectivity index (χ4v) is 1.93. The predicted molar refractivity (Wildman–Crippen MR) is 74.7 cm³/mol. The molecule has 3 nitrogen and oxygen atoms in total. The van der Waals surface area contributed by atoms with E-state index in [1.807, 2.05) is 24.3 Å². The average Bonchev–Trinajstić information content (AvgIpc) is 2.45. The van der Waals surface area contributed by atoms with E-state index in [0.717, 1.165) is 11.1 Å². The van der Waals surface area contributed by atoms with Crippen molar-refractivity contribution in [1.29, 1.82) is 0 Å². The molecule has 0 atom stereocenters. The Morgan fingerprint density at radius 3 is 2.58 bits per heavy atom. The van der Waals surface area contributed by atoms with Crippen molar-refractivity contribution in [3.05, 3.63) is 58.6 Å². The van der Waals surface area contributed by atoms with Crippen LogP contribution < -0.4 is 9.47 Å². The van der Waals surface area contributed by atoms with Crippen molar-refractivity contribution < 1.29 is 14.6 Å². The van der Waals surface area contributed by atoms with Gasteiger partial charge >= 0.3 is 0 Å². The molecule has 2 aromatic carbocycles. The van der Waals surface area contributed by atoms with Crippen LogP contribution in [0.25, 0.3) is 0 Å². The highest BCUT2D eigenvalue weighted by molar-refractivity contribution is 6.30. The summed E-state index contributed by atoms with van der Waals surface area (Å²) in [5.41, 5.74) is 1.77. The number of methoxy groups -OCH3 is 1. The van der Waals surface area contributed by atoms with E-state index in [0.29, 0.717) is 23.1 Å². The largest absolute Gasteiger partial charge is 0.493 e. The highest BCUT2D eigenvalue weighted by atomic mass is 35.5. The number of aliphatic hydroxyl groups is 1. The van der Waals surface area contributed by atoms with E-state index in [9.17, 15) is 0 Å². The molecule has 0 saturated heterocycles. The highest BCUT2D eigenvalue weighted by Crippen LogP contribution is 2.29. The SMILES string of the molecule is COc1cc(CO)ccc1OCc1cccc(Cl)c1. The lowest BCUT2D eigenvalue weighted by atomic mass is 10.2. The van der Waals surface area contributed by atoms with Gasteiger partial charge in [0.25, 0.3) is 0 Å². The van der Waals surface area contributed by atoms with Gasteiger partial charge in [-0.2, -0.15) is 0 Å². The fourth-order valence-electron chi connectivity index (χ4n) is 1.72. The molecule has 0 radical (unpaired) electrons. The van der Waals surface area contributed by atoms with Crippen LogP contribution >= 0.6 is 11.6 Å². The van der Waals surface area contributed by atoms with Gasteiger partial charge in [0.1, 0.15) is 6.61 Å². The van der Waals surface area contributed by atoms with E-state index in [-0.39, 0.29) is 6.61 Å². The van der Waals surface area contributed by atoms with Crippen molar-refractivity contribution in [2.24, 2.45) is 0 Å². The molecule has 100 valence electrons. The Bertz CT molecular complexity index is 555. The van der Waals surface area contributed by atoms with Gasteiger partial charge < -0.3 is 14.6 Å². The van der Waals surface area contributed by atoms with Crippen molar-refractivity contribution in [3.8, 4) is 11.5 Å². The minimum Gasteiger partial charge on any atom is -0.493 e. The molecule has 0 heterocycles. The van der Waals surface area contributed by atoms with Crippen molar-refractivity contribution in [3.63, 3.8) is 0 Å². The third-order valence-corrected chi connectivity index (χ3v) is 2.93. The molecule has 2 rings (SSSR count). The summed E-state index contributed by atoms with van der Waals surface area (Å²) in [7, 11) is 1.57. The van der Waals surface area contributed by atoms with E-state index in [2.05, 4.69) is 0 Å². The van der Waals surface area contributed by atoms with Crippen LogP contribution in [0, 0.1) is 0 Å². The molecule has 0 aliphatic carbocycles. The smallest absolute Gasteiger partial charge is 0.161 e. The first-order valence-corrected chi connectivity index (χ1v) is 6.25. The minimum absolute atomic E-state index is 0.0229. The highest BCUT2D eigenvalue weighted by Gasteiger charge is 2.06. The monoisotopic (exact) mass is 278 g/mol. The van der Waals surface area contributed by atoms with Crippen LogP contribution in [0.3, 0.4) is 0 Å². The molecule has 1 N–H and O–H groups in total. The zero-order valence-corrected chi connectivity index (χ0v) is 11.4. The minimum atomic E-state index is -0.0229. The lowest BCUT2D eigenvalue weighted by Gasteiger charge is -2.11. The van der Waals surface area contributed by atoms with Crippen molar-refractivity contribution in [2.75, 3.05) is 7.11 Å². The molecule has 19 heavy (non-hydrogen) atoms. The summed E-state index contributed by atoms with van der Waals surface area (Å²) in [6, 6.07) is 12.9. The molecule has 0 bridgehead atoms. The number of halogens is 1. The average molecular weight is 279 g/mol. The Hall–Kier alpha value is -1.71. The predicted octanol–water partition coefficient (Wildman–Crippen LogP) is 3.42. The molecule has 0 aromatic heterocycles. The summed E-state index contributed by atoms with van der Waals surface area (Å²) in [5, 5.41) is 9.76. The molecule has 0 unspecified atom stereocenters. The molecular weight excluding hydrogens is 264 g/mol. The third-order valence-electron chi connectivity index (χ3n) is 2.69. The Morgan fingerprint density at radius 2 is 1.89 bits per heavy atom. The topological polar surface area (TPSA) is 38.7 Å². The molecule has 0 saturated carbocycles. The molecule has 0 fully saturated rings. The van der Waals surface area contributed by atoms with Gasteiger partial charge in [-0.05, 0) is 35.4 Å². The van der Waals surface area contributed by atoms with E-state index < -0.39 is 0 Å².